The molecule has 0 rings (SSSR count). The molecule has 0 heterocycles. The van der Waals surface area contributed by atoms with Crippen molar-refractivity contribution < 1.29 is 37.8 Å². The minimum absolute atomic E-state index is 0.279. The first-order chi connectivity index (χ1) is 15.5. The fourth-order valence-corrected chi connectivity index (χ4v) is 4.03. The summed E-state index contributed by atoms with van der Waals surface area (Å²) in [7, 11) is 0. The minimum Gasteiger partial charge on any atom is -0.480 e. The fourth-order valence-electron chi connectivity index (χ4n) is 2.89. The molecular formula is C22H37F3N2O5S. The molecule has 0 saturated heterocycles. The molecule has 192 valence electrons. The van der Waals surface area contributed by atoms with Crippen molar-refractivity contribution in [1.82, 2.24) is 10.6 Å². The summed E-state index contributed by atoms with van der Waals surface area (Å²) in [6.45, 7) is 3.31. The summed E-state index contributed by atoms with van der Waals surface area (Å²) in [6.07, 6.45) is 5.12. The lowest BCUT2D eigenvalue weighted by molar-refractivity contribution is -0.174. The molecule has 0 aliphatic rings. The van der Waals surface area contributed by atoms with Gasteiger partial charge in [-0.1, -0.05) is 64.9 Å². The van der Waals surface area contributed by atoms with Gasteiger partial charge in [0, 0.05) is 10.7 Å². The Morgan fingerprint density at radius 3 is 2.18 bits per heavy atom. The number of unbranched alkanes of at least 4 members (excludes halogenated alkanes) is 7. The Morgan fingerprint density at radius 2 is 1.61 bits per heavy atom. The van der Waals surface area contributed by atoms with Gasteiger partial charge in [-0.25, -0.2) is 0 Å². The number of rotatable bonds is 18. The second kappa shape index (κ2) is 17.7. The zero-order valence-corrected chi connectivity index (χ0v) is 20.2. The summed E-state index contributed by atoms with van der Waals surface area (Å²) in [6, 6.07) is -1.61. The SMILES string of the molecule is CCCCCCCCC=C(SC[C@H](NC(=O)C(F)(F)F)C(=O)NCC(=O)O)[C@@H](O)CCCC. The molecule has 2 amide bonds. The van der Waals surface area contributed by atoms with E-state index in [-0.39, 0.29) is 5.75 Å². The van der Waals surface area contributed by atoms with Crippen LogP contribution in [0.15, 0.2) is 11.0 Å². The lowest BCUT2D eigenvalue weighted by atomic mass is 10.1. The van der Waals surface area contributed by atoms with Crippen molar-refractivity contribution in [2.45, 2.75) is 96.4 Å². The Hall–Kier alpha value is -1.75. The van der Waals surface area contributed by atoms with Crippen LogP contribution < -0.4 is 10.6 Å². The number of allylic oxidation sites excluding steroid dienone is 1. The predicted molar refractivity (Wildman–Crippen MR) is 123 cm³/mol. The van der Waals surface area contributed by atoms with Crippen LogP contribution in [0.1, 0.15) is 78.1 Å². The summed E-state index contributed by atoms with van der Waals surface area (Å²) in [4.78, 5) is 34.7. The average molecular weight is 499 g/mol. The van der Waals surface area contributed by atoms with E-state index in [2.05, 4.69) is 6.92 Å². The van der Waals surface area contributed by atoms with E-state index in [0.29, 0.717) is 17.7 Å². The number of alkyl halides is 3. The lowest BCUT2D eigenvalue weighted by Crippen LogP contribution is -2.52. The van der Waals surface area contributed by atoms with Crippen molar-refractivity contribution in [2.24, 2.45) is 0 Å². The van der Waals surface area contributed by atoms with E-state index >= 15 is 0 Å². The number of carbonyl (C=O) groups is 3. The van der Waals surface area contributed by atoms with Gasteiger partial charge in [-0.3, -0.25) is 14.4 Å². The molecule has 0 radical (unpaired) electrons. The molecule has 0 fully saturated rings. The lowest BCUT2D eigenvalue weighted by Gasteiger charge is -2.21. The van der Waals surface area contributed by atoms with Crippen molar-refractivity contribution in [3.63, 3.8) is 0 Å². The number of amides is 2. The molecule has 0 spiro atoms. The number of halogens is 3. The van der Waals surface area contributed by atoms with Crippen molar-refractivity contribution in [1.29, 1.82) is 0 Å². The number of carboxylic acid groups (broad SMARTS) is 1. The number of aliphatic carboxylic acids is 1. The Kier molecular flexibility index (Phi) is 16.8. The minimum atomic E-state index is -5.19. The molecule has 0 aromatic carbocycles. The van der Waals surface area contributed by atoms with Gasteiger partial charge in [0.15, 0.2) is 0 Å². The number of aliphatic hydroxyl groups excluding tert-OH is 1. The van der Waals surface area contributed by atoms with Crippen LogP contribution in [0.25, 0.3) is 0 Å². The molecular weight excluding hydrogens is 461 g/mol. The molecule has 33 heavy (non-hydrogen) atoms. The van der Waals surface area contributed by atoms with Crippen LogP contribution in [0.4, 0.5) is 13.2 Å². The van der Waals surface area contributed by atoms with Crippen molar-refractivity contribution in [3.8, 4) is 0 Å². The van der Waals surface area contributed by atoms with Crippen LogP contribution in [-0.4, -0.2) is 58.6 Å². The van der Waals surface area contributed by atoms with E-state index < -0.39 is 42.7 Å². The normalized spacial score (nSPS) is 13.9. The molecule has 4 N–H and O–H groups in total. The van der Waals surface area contributed by atoms with Gasteiger partial charge < -0.3 is 20.8 Å². The second-order valence-electron chi connectivity index (χ2n) is 7.77. The summed E-state index contributed by atoms with van der Waals surface area (Å²) in [5.41, 5.74) is 0. The maximum absolute atomic E-state index is 12.7. The quantitative estimate of drug-likeness (QED) is 0.211. The van der Waals surface area contributed by atoms with Gasteiger partial charge in [-0.15, -0.1) is 11.8 Å². The first-order valence-corrected chi connectivity index (χ1v) is 12.4. The summed E-state index contributed by atoms with van der Waals surface area (Å²) >= 11 is 0.996. The third-order valence-electron chi connectivity index (χ3n) is 4.77. The molecule has 0 aliphatic carbocycles. The summed E-state index contributed by atoms with van der Waals surface area (Å²) in [5, 5.41) is 22.8. The number of aliphatic hydroxyl groups is 1. The molecule has 0 aromatic rings. The Labute approximate surface area is 198 Å². The highest BCUT2D eigenvalue weighted by Gasteiger charge is 2.41. The third-order valence-corrected chi connectivity index (χ3v) is 6.04. The van der Waals surface area contributed by atoms with Crippen LogP contribution in [-0.2, 0) is 14.4 Å². The van der Waals surface area contributed by atoms with E-state index in [1.165, 1.54) is 6.42 Å². The molecule has 0 bridgehead atoms. The third kappa shape index (κ3) is 15.7. The molecule has 0 unspecified atom stereocenters. The first kappa shape index (κ1) is 31.2. The second-order valence-corrected chi connectivity index (χ2v) is 8.86. The zero-order valence-electron chi connectivity index (χ0n) is 19.4. The standard InChI is InChI=1S/C22H37F3N2O5S/c1-3-5-7-8-9-10-11-13-18(17(28)12-6-4-2)33-15-16(20(31)26-14-19(29)30)27-21(32)22(23,24)25/h13,16-17,28H,3-12,14-15H2,1-2H3,(H,26,31)(H,27,32)(H,29,30)/t16-,17-/m0/s1. The summed E-state index contributed by atoms with van der Waals surface area (Å²) < 4.78 is 38.0. The molecule has 2 atom stereocenters. The topological polar surface area (TPSA) is 116 Å². The highest BCUT2D eigenvalue weighted by atomic mass is 32.2. The van der Waals surface area contributed by atoms with E-state index in [0.717, 1.165) is 56.7 Å². The highest BCUT2D eigenvalue weighted by molar-refractivity contribution is 8.03. The predicted octanol–water partition coefficient (Wildman–Crippen LogP) is 4.15. The monoisotopic (exact) mass is 498 g/mol. The van der Waals surface area contributed by atoms with E-state index in [9.17, 15) is 32.7 Å². The van der Waals surface area contributed by atoms with Crippen LogP contribution in [0, 0.1) is 0 Å². The number of hydrogen-bond donors (Lipinski definition) is 4. The van der Waals surface area contributed by atoms with Gasteiger partial charge >= 0.3 is 18.1 Å². The van der Waals surface area contributed by atoms with E-state index in [4.69, 9.17) is 5.11 Å². The molecule has 0 saturated carbocycles. The molecule has 11 heteroatoms. The number of thioether (sulfide) groups is 1. The Morgan fingerprint density at radius 1 is 1.00 bits per heavy atom. The molecule has 0 aromatic heterocycles. The van der Waals surface area contributed by atoms with Gasteiger partial charge in [-0.2, -0.15) is 13.2 Å². The number of nitrogens with one attached hydrogen (secondary N) is 2. The number of carboxylic acids is 1. The maximum atomic E-state index is 12.7. The van der Waals surface area contributed by atoms with E-state index in [1.54, 1.807) is 5.32 Å². The summed E-state index contributed by atoms with van der Waals surface area (Å²) in [5.74, 6) is -4.98. The maximum Gasteiger partial charge on any atom is 0.471 e. The molecule has 0 aliphatic heterocycles. The highest BCUT2D eigenvalue weighted by Crippen LogP contribution is 2.26. The first-order valence-electron chi connectivity index (χ1n) is 11.4. The van der Waals surface area contributed by atoms with Crippen molar-refractivity contribution in [2.75, 3.05) is 12.3 Å². The fraction of sp³-hybridized carbons (Fsp3) is 0.773. The van der Waals surface area contributed by atoms with Crippen molar-refractivity contribution in [3.05, 3.63) is 11.0 Å². The van der Waals surface area contributed by atoms with Crippen LogP contribution in [0.5, 0.6) is 0 Å². The van der Waals surface area contributed by atoms with Gasteiger partial charge in [0.25, 0.3) is 0 Å². The molecule has 7 nitrogen and oxygen atoms in total. The average Bonchev–Trinajstić information content (AvgIpc) is 2.75. The van der Waals surface area contributed by atoms with Crippen LogP contribution in [0.3, 0.4) is 0 Å². The largest absolute Gasteiger partial charge is 0.480 e. The van der Waals surface area contributed by atoms with Gasteiger partial charge in [0.05, 0.1) is 6.10 Å². The van der Waals surface area contributed by atoms with Crippen LogP contribution >= 0.6 is 11.8 Å². The van der Waals surface area contributed by atoms with Crippen LogP contribution in [0.2, 0.25) is 0 Å². The number of carbonyl (C=O) groups excluding carboxylic acids is 2. The van der Waals surface area contributed by atoms with Gasteiger partial charge in [0.2, 0.25) is 5.91 Å². The van der Waals surface area contributed by atoms with Crippen molar-refractivity contribution >= 4 is 29.5 Å². The zero-order chi connectivity index (χ0) is 25.3. The Bertz CT molecular complexity index is 630. The van der Waals surface area contributed by atoms with E-state index in [1.807, 2.05) is 18.3 Å². The number of hydrogen-bond acceptors (Lipinski definition) is 5. The Balaban J connectivity index is 5.18. The van der Waals surface area contributed by atoms with Gasteiger partial charge in [0.1, 0.15) is 12.6 Å². The smallest absolute Gasteiger partial charge is 0.471 e. The van der Waals surface area contributed by atoms with Gasteiger partial charge in [-0.05, 0) is 19.3 Å².